The van der Waals surface area contributed by atoms with Crippen LogP contribution in [0.4, 0.5) is 4.39 Å². The van der Waals surface area contributed by atoms with Crippen molar-refractivity contribution in [3.63, 3.8) is 0 Å². The van der Waals surface area contributed by atoms with Gasteiger partial charge in [-0.2, -0.15) is 0 Å². The molecule has 17 heavy (non-hydrogen) atoms. The molecule has 0 aliphatic rings. The fourth-order valence-electron chi connectivity index (χ4n) is 1.50. The first kappa shape index (κ1) is 13.6. The van der Waals surface area contributed by atoms with Crippen LogP contribution >= 0.6 is 0 Å². The first-order valence-corrected chi connectivity index (χ1v) is 5.90. The first-order chi connectivity index (χ1) is 8.15. The Balaban J connectivity index is 2.44. The van der Waals surface area contributed by atoms with Crippen LogP contribution in [0.3, 0.4) is 0 Å². The standard InChI is InChI=1S/C13H19FN2O/c1-3-6-15-7-8-16-13(17)12-9-11(14)5-4-10(12)2/h4-5,9,15H,3,6-8H2,1-2H3,(H,16,17). The van der Waals surface area contributed by atoms with Crippen molar-refractivity contribution in [3.8, 4) is 0 Å². The molecule has 0 spiro atoms. The lowest BCUT2D eigenvalue weighted by atomic mass is 10.1. The summed E-state index contributed by atoms with van der Waals surface area (Å²) >= 11 is 0. The van der Waals surface area contributed by atoms with Gasteiger partial charge in [-0.3, -0.25) is 4.79 Å². The van der Waals surface area contributed by atoms with Crippen LogP contribution in [-0.4, -0.2) is 25.5 Å². The molecule has 0 heterocycles. The third-order valence-corrected chi connectivity index (χ3v) is 2.46. The minimum Gasteiger partial charge on any atom is -0.351 e. The molecule has 3 nitrogen and oxygen atoms in total. The van der Waals surface area contributed by atoms with Crippen LogP contribution in [0.25, 0.3) is 0 Å². The Morgan fingerprint density at radius 2 is 2.06 bits per heavy atom. The summed E-state index contributed by atoms with van der Waals surface area (Å²) in [7, 11) is 0. The van der Waals surface area contributed by atoms with Gasteiger partial charge >= 0.3 is 0 Å². The molecule has 1 rings (SSSR count). The van der Waals surface area contributed by atoms with Gasteiger partial charge in [-0.15, -0.1) is 0 Å². The summed E-state index contributed by atoms with van der Waals surface area (Å²) in [5.41, 5.74) is 1.19. The molecule has 4 heteroatoms. The summed E-state index contributed by atoms with van der Waals surface area (Å²) < 4.78 is 13.0. The summed E-state index contributed by atoms with van der Waals surface area (Å²) in [5.74, 6) is -0.606. The first-order valence-electron chi connectivity index (χ1n) is 5.90. The summed E-state index contributed by atoms with van der Waals surface area (Å²) in [6.07, 6.45) is 1.07. The summed E-state index contributed by atoms with van der Waals surface area (Å²) in [6, 6.07) is 4.23. The zero-order chi connectivity index (χ0) is 12.7. The molecule has 0 atom stereocenters. The molecule has 0 aliphatic heterocycles. The number of halogens is 1. The fourth-order valence-corrected chi connectivity index (χ4v) is 1.50. The van der Waals surface area contributed by atoms with Crippen molar-refractivity contribution in [2.75, 3.05) is 19.6 Å². The van der Waals surface area contributed by atoms with Gasteiger partial charge < -0.3 is 10.6 Å². The summed E-state index contributed by atoms with van der Waals surface area (Å²) in [5, 5.41) is 5.94. The van der Waals surface area contributed by atoms with E-state index in [4.69, 9.17) is 0 Å². The molecule has 2 N–H and O–H groups in total. The van der Waals surface area contributed by atoms with E-state index >= 15 is 0 Å². The Morgan fingerprint density at radius 3 is 2.76 bits per heavy atom. The maximum absolute atomic E-state index is 13.0. The second kappa shape index (κ2) is 7.01. The fraction of sp³-hybridized carbons (Fsp3) is 0.462. The normalized spacial score (nSPS) is 10.3. The third-order valence-electron chi connectivity index (χ3n) is 2.46. The van der Waals surface area contributed by atoms with Crippen LogP contribution in [0.15, 0.2) is 18.2 Å². The van der Waals surface area contributed by atoms with E-state index in [1.807, 2.05) is 0 Å². The highest BCUT2D eigenvalue weighted by Gasteiger charge is 2.08. The number of hydrogen-bond donors (Lipinski definition) is 2. The molecule has 0 saturated carbocycles. The molecule has 0 unspecified atom stereocenters. The molecule has 1 amide bonds. The molecule has 1 aromatic carbocycles. The number of carbonyl (C=O) groups excluding carboxylic acids is 1. The largest absolute Gasteiger partial charge is 0.351 e. The number of carbonyl (C=O) groups is 1. The maximum Gasteiger partial charge on any atom is 0.251 e. The third kappa shape index (κ3) is 4.53. The van der Waals surface area contributed by atoms with Crippen LogP contribution in [0.1, 0.15) is 29.3 Å². The quantitative estimate of drug-likeness (QED) is 0.743. The molecule has 0 radical (unpaired) electrons. The Labute approximate surface area is 101 Å². The van der Waals surface area contributed by atoms with Gasteiger partial charge in [0.25, 0.3) is 5.91 Å². The minimum absolute atomic E-state index is 0.222. The second-order valence-corrected chi connectivity index (χ2v) is 3.97. The van der Waals surface area contributed by atoms with Crippen LogP contribution in [0, 0.1) is 12.7 Å². The highest BCUT2D eigenvalue weighted by Crippen LogP contribution is 2.09. The van der Waals surface area contributed by atoms with E-state index in [2.05, 4.69) is 17.6 Å². The molecule has 0 bridgehead atoms. The summed E-state index contributed by atoms with van der Waals surface area (Å²) in [6.45, 7) is 6.10. The van der Waals surface area contributed by atoms with Gasteiger partial charge in [-0.1, -0.05) is 13.0 Å². The van der Waals surface area contributed by atoms with E-state index < -0.39 is 0 Å². The molecule has 1 aromatic rings. The molecule has 0 fully saturated rings. The molecular formula is C13H19FN2O. The predicted molar refractivity (Wildman–Crippen MR) is 66.6 cm³/mol. The number of aryl methyl sites for hydroxylation is 1. The topological polar surface area (TPSA) is 41.1 Å². The Kier molecular flexibility index (Phi) is 5.63. The van der Waals surface area contributed by atoms with Gasteiger partial charge in [0, 0.05) is 18.7 Å². The molecule has 94 valence electrons. The van der Waals surface area contributed by atoms with Crippen molar-refractivity contribution >= 4 is 5.91 Å². The van der Waals surface area contributed by atoms with E-state index in [0.29, 0.717) is 12.1 Å². The van der Waals surface area contributed by atoms with Crippen LogP contribution in [0.2, 0.25) is 0 Å². The van der Waals surface area contributed by atoms with Gasteiger partial charge in [0.15, 0.2) is 0 Å². The van der Waals surface area contributed by atoms with Gasteiger partial charge in [-0.05, 0) is 37.6 Å². The van der Waals surface area contributed by atoms with Crippen molar-refractivity contribution in [1.82, 2.24) is 10.6 Å². The van der Waals surface area contributed by atoms with Crippen LogP contribution < -0.4 is 10.6 Å². The highest BCUT2D eigenvalue weighted by atomic mass is 19.1. The van der Waals surface area contributed by atoms with Crippen LogP contribution in [-0.2, 0) is 0 Å². The van der Waals surface area contributed by atoms with E-state index in [0.717, 1.165) is 25.1 Å². The zero-order valence-corrected chi connectivity index (χ0v) is 10.3. The number of hydrogen-bond acceptors (Lipinski definition) is 2. The van der Waals surface area contributed by atoms with Gasteiger partial charge in [0.2, 0.25) is 0 Å². The van der Waals surface area contributed by atoms with Crippen molar-refractivity contribution < 1.29 is 9.18 Å². The average molecular weight is 238 g/mol. The number of nitrogens with one attached hydrogen (secondary N) is 2. The average Bonchev–Trinajstić information content (AvgIpc) is 2.32. The van der Waals surface area contributed by atoms with Gasteiger partial charge in [0.05, 0.1) is 0 Å². The van der Waals surface area contributed by atoms with Gasteiger partial charge in [-0.25, -0.2) is 4.39 Å². The van der Waals surface area contributed by atoms with Crippen molar-refractivity contribution in [2.24, 2.45) is 0 Å². The van der Waals surface area contributed by atoms with Crippen molar-refractivity contribution in [1.29, 1.82) is 0 Å². The molecule has 0 aliphatic carbocycles. The Morgan fingerprint density at radius 1 is 1.29 bits per heavy atom. The van der Waals surface area contributed by atoms with Gasteiger partial charge in [0.1, 0.15) is 5.82 Å². The number of benzene rings is 1. The lowest BCUT2D eigenvalue weighted by Gasteiger charge is -2.08. The summed E-state index contributed by atoms with van der Waals surface area (Å²) in [4.78, 5) is 11.7. The molecule has 0 saturated heterocycles. The molecular weight excluding hydrogens is 219 g/mol. The highest BCUT2D eigenvalue weighted by molar-refractivity contribution is 5.95. The number of amides is 1. The molecule has 0 aromatic heterocycles. The van der Waals surface area contributed by atoms with Crippen molar-refractivity contribution in [3.05, 3.63) is 35.1 Å². The lowest BCUT2D eigenvalue weighted by Crippen LogP contribution is -2.32. The zero-order valence-electron chi connectivity index (χ0n) is 10.3. The van der Waals surface area contributed by atoms with E-state index in [1.54, 1.807) is 13.0 Å². The monoisotopic (exact) mass is 238 g/mol. The minimum atomic E-state index is -0.384. The Hall–Kier alpha value is -1.42. The van der Waals surface area contributed by atoms with Crippen molar-refractivity contribution in [2.45, 2.75) is 20.3 Å². The maximum atomic E-state index is 13.0. The lowest BCUT2D eigenvalue weighted by molar-refractivity contribution is 0.0953. The Bertz CT molecular complexity index is 380. The van der Waals surface area contributed by atoms with E-state index in [-0.39, 0.29) is 11.7 Å². The van der Waals surface area contributed by atoms with E-state index in [1.165, 1.54) is 12.1 Å². The van der Waals surface area contributed by atoms with E-state index in [9.17, 15) is 9.18 Å². The smallest absolute Gasteiger partial charge is 0.251 e. The number of rotatable bonds is 6. The van der Waals surface area contributed by atoms with Crippen LogP contribution in [0.5, 0.6) is 0 Å². The second-order valence-electron chi connectivity index (χ2n) is 3.97. The predicted octanol–water partition coefficient (Wildman–Crippen LogP) is 1.86. The SMILES string of the molecule is CCCNCCNC(=O)c1cc(F)ccc1C.